The van der Waals surface area contributed by atoms with E-state index in [2.05, 4.69) is 5.32 Å². The van der Waals surface area contributed by atoms with Crippen molar-refractivity contribution in [1.29, 1.82) is 0 Å². The minimum absolute atomic E-state index is 0.0657. The van der Waals surface area contributed by atoms with Crippen molar-refractivity contribution >= 4 is 28.2 Å². The Kier molecular flexibility index (Phi) is 5.41. The van der Waals surface area contributed by atoms with Crippen molar-refractivity contribution in [2.24, 2.45) is 5.73 Å². The third-order valence-corrected chi connectivity index (χ3v) is 4.14. The number of nitrogens with two attached hydrogens (primary N) is 2. The third-order valence-electron chi connectivity index (χ3n) is 3.31. The summed E-state index contributed by atoms with van der Waals surface area (Å²) in [5.74, 6) is -2.75. The maximum absolute atomic E-state index is 13.2. The predicted molar refractivity (Wildman–Crippen MR) is 83.0 cm³/mol. The van der Waals surface area contributed by atoms with Crippen LogP contribution in [0.2, 0.25) is 0 Å². The summed E-state index contributed by atoms with van der Waals surface area (Å²) in [6, 6.07) is 4.95. The van der Waals surface area contributed by atoms with Gasteiger partial charge in [0.2, 0.25) is 0 Å². The molecular weight excluding hydrogens is 324 g/mol. The van der Waals surface area contributed by atoms with Gasteiger partial charge in [-0.05, 0) is 36.6 Å². The molecule has 0 aliphatic rings. The van der Waals surface area contributed by atoms with Gasteiger partial charge in [0.15, 0.2) is 18.2 Å². The molecule has 0 fully saturated rings. The van der Waals surface area contributed by atoms with Crippen molar-refractivity contribution in [2.75, 3.05) is 11.9 Å². The number of thiophene rings is 1. The van der Waals surface area contributed by atoms with Gasteiger partial charge in [-0.2, -0.15) is 0 Å². The summed E-state index contributed by atoms with van der Waals surface area (Å²) < 4.78 is 26.1. The van der Waals surface area contributed by atoms with E-state index in [-0.39, 0.29) is 24.1 Å². The zero-order valence-corrected chi connectivity index (χ0v) is 13.1. The quantitative estimate of drug-likeness (QED) is 0.742. The van der Waals surface area contributed by atoms with Crippen LogP contribution in [-0.4, -0.2) is 18.4 Å². The Morgan fingerprint density at radius 1 is 1.30 bits per heavy atom. The molecule has 122 valence electrons. The van der Waals surface area contributed by atoms with E-state index in [4.69, 9.17) is 5.73 Å². The van der Waals surface area contributed by atoms with Gasteiger partial charge in [0, 0.05) is 5.56 Å². The van der Waals surface area contributed by atoms with E-state index in [0.717, 1.165) is 12.1 Å². The molecule has 1 aromatic heterocycles. The molecule has 23 heavy (non-hydrogen) atoms. The molecule has 0 saturated heterocycles. The second-order valence-corrected chi connectivity index (χ2v) is 5.89. The summed E-state index contributed by atoms with van der Waals surface area (Å²) in [4.78, 5) is 23.1. The minimum atomic E-state index is -0.920. The van der Waals surface area contributed by atoms with Gasteiger partial charge in [0.1, 0.15) is 11.0 Å². The van der Waals surface area contributed by atoms with Gasteiger partial charge in [-0.15, -0.1) is 11.3 Å². The predicted octanol–water partition coefficient (Wildman–Crippen LogP) is 1.39. The molecule has 1 atom stereocenters. The van der Waals surface area contributed by atoms with Gasteiger partial charge in [-0.1, -0.05) is 0 Å². The molecule has 8 heteroatoms. The maximum atomic E-state index is 13.2. The number of hydrogen-bond acceptors (Lipinski definition) is 3. The Bertz CT molecular complexity index is 733. The normalized spacial score (nSPS) is 12.0. The van der Waals surface area contributed by atoms with E-state index in [1.165, 1.54) is 23.5 Å². The molecular formula is C15H16F2N3O2S+. The van der Waals surface area contributed by atoms with Gasteiger partial charge in [-0.25, -0.2) is 8.78 Å². The summed E-state index contributed by atoms with van der Waals surface area (Å²) in [6.45, 7) is 1.84. The summed E-state index contributed by atoms with van der Waals surface area (Å²) in [7, 11) is 0. The fourth-order valence-corrected chi connectivity index (χ4v) is 2.80. The number of hydrogen-bond donors (Lipinski definition) is 3. The fraction of sp³-hybridized carbons (Fsp3) is 0.200. The molecule has 1 aromatic carbocycles. The molecule has 1 heterocycles. The van der Waals surface area contributed by atoms with Crippen molar-refractivity contribution in [3.8, 4) is 0 Å². The van der Waals surface area contributed by atoms with Crippen LogP contribution in [0.3, 0.4) is 0 Å². The average Bonchev–Trinajstić information content (AvgIpc) is 2.96. The Balaban J connectivity index is 1.92. The highest BCUT2D eigenvalue weighted by Crippen LogP contribution is 2.22. The lowest BCUT2D eigenvalue weighted by molar-refractivity contribution is -0.682. The Morgan fingerprint density at radius 2 is 2.04 bits per heavy atom. The first kappa shape index (κ1) is 17.0. The molecule has 5 N–H and O–H groups in total. The number of halogens is 2. The van der Waals surface area contributed by atoms with Crippen LogP contribution in [0.15, 0.2) is 29.6 Å². The molecule has 0 aliphatic heterocycles. The van der Waals surface area contributed by atoms with Crippen LogP contribution in [0.4, 0.5) is 13.8 Å². The first-order valence-corrected chi connectivity index (χ1v) is 7.72. The van der Waals surface area contributed by atoms with Crippen LogP contribution in [0.5, 0.6) is 0 Å². The lowest BCUT2D eigenvalue weighted by atomic mass is 10.1. The van der Waals surface area contributed by atoms with E-state index in [9.17, 15) is 18.4 Å². The van der Waals surface area contributed by atoms with Gasteiger partial charge in [-0.3, -0.25) is 9.59 Å². The average molecular weight is 340 g/mol. The highest BCUT2D eigenvalue weighted by Gasteiger charge is 2.16. The van der Waals surface area contributed by atoms with Crippen molar-refractivity contribution in [3.05, 3.63) is 52.4 Å². The fourth-order valence-electron chi connectivity index (χ4n) is 1.99. The van der Waals surface area contributed by atoms with Gasteiger partial charge >= 0.3 is 0 Å². The highest BCUT2D eigenvalue weighted by atomic mass is 32.1. The van der Waals surface area contributed by atoms with Crippen LogP contribution in [0.1, 0.15) is 28.9 Å². The minimum Gasteiger partial charge on any atom is -0.366 e. The highest BCUT2D eigenvalue weighted by molar-refractivity contribution is 7.14. The summed E-state index contributed by atoms with van der Waals surface area (Å²) in [5, 5.41) is 6.35. The largest absolute Gasteiger partial charge is 0.366 e. The molecule has 0 unspecified atom stereocenters. The van der Waals surface area contributed by atoms with E-state index in [1.54, 1.807) is 17.6 Å². The number of rotatable bonds is 6. The topological polar surface area (TPSA) is 88.8 Å². The van der Waals surface area contributed by atoms with Crippen molar-refractivity contribution in [1.82, 2.24) is 0 Å². The lowest BCUT2D eigenvalue weighted by Crippen LogP contribution is -2.86. The Hall–Kier alpha value is -2.32. The smallest absolute Gasteiger partial charge is 0.280 e. The molecule has 0 radical (unpaired) electrons. The third kappa shape index (κ3) is 4.33. The lowest BCUT2D eigenvalue weighted by Gasteiger charge is -2.11. The number of quaternary nitrogens is 1. The summed E-state index contributed by atoms with van der Waals surface area (Å²) >= 11 is 1.20. The van der Waals surface area contributed by atoms with E-state index >= 15 is 0 Å². The number of carbonyl (C=O) groups is 2. The van der Waals surface area contributed by atoms with Crippen LogP contribution in [0, 0.1) is 11.6 Å². The Labute approximate surface area is 135 Å². The number of nitrogens with one attached hydrogen (secondary N) is 1. The summed E-state index contributed by atoms with van der Waals surface area (Å²) in [6.07, 6.45) is 0. The molecule has 0 aliphatic carbocycles. The summed E-state index contributed by atoms with van der Waals surface area (Å²) in [5.41, 5.74) is 6.04. The maximum Gasteiger partial charge on any atom is 0.280 e. The zero-order valence-electron chi connectivity index (χ0n) is 12.3. The number of primary amides is 1. The van der Waals surface area contributed by atoms with Crippen LogP contribution >= 0.6 is 11.3 Å². The molecule has 2 aromatic rings. The standard InChI is InChI=1S/C15H15F2N3O2S/c1-8(9-2-3-11(16)12(17)6-9)19-7-13(21)20-15-10(14(18)22)4-5-23-15/h2-6,8,19H,7H2,1H3,(H2,18,22)(H,20,21)/p+1/t8-/m1/s1. The molecule has 0 bridgehead atoms. The SMILES string of the molecule is C[C@@H]([NH2+]CC(=O)Nc1sccc1C(N)=O)c1ccc(F)c(F)c1. The van der Waals surface area contributed by atoms with E-state index in [0.29, 0.717) is 10.6 Å². The van der Waals surface area contributed by atoms with Gasteiger partial charge < -0.3 is 16.4 Å². The van der Waals surface area contributed by atoms with Gasteiger partial charge in [0.05, 0.1) is 5.56 Å². The van der Waals surface area contributed by atoms with Crippen molar-refractivity contribution in [3.63, 3.8) is 0 Å². The number of benzene rings is 1. The van der Waals surface area contributed by atoms with Crippen molar-refractivity contribution in [2.45, 2.75) is 13.0 Å². The van der Waals surface area contributed by atoms with Crippen LogP contribution in [0.25, 0.3) is 0 Å². The molecule has 0 spiro atoms. The monoisotopic (exact) mass is 340 g/mol. The first-order chi connectivity index (χ1) is 10.9. The second kappa shape index (κ2) is 7.30. The molecule has 5 nitrogen and oxygen atoms in total. The molecule has 2 rings (SSSR count). The number of anilines is 1. The van der Waals surface area contributed by atoms with Crippen LogP contribution < -0.4 is 16.4 Å². The number of amides is 2. The van der Waals surface area contributed by atoms with Gasteiger partial charge in [0.25, 0.3) is 11.8 Å². The second-order valence-electron chi connectivity index (χ2n) is 4.98. The zero-order chi connectivity index (χ0) is 17.0. The first-order valence-electron chi connectivity index (χ1n) is 6.84. The molecule has 2 amide bonds. The number of carbonyl (C=O) groups excluding carboxylic acids is 2. The van der Waals surface area contributed by atoms with E-state index in [1.807, 2.05) is 0 Å². The van der Waals surface area contributed by atoms with E-state index < -0.39 is 17.5 Å². The Morgan fingerprint density at radius 3 is 2.70 bits per heavy atom. The van der Waals surface area contributed by atoms with Crippen molar-refractivity contribution < 1.29 is 23.7 Å². The van der Waals surface area contributed by atoms with Crippen LogP contribution in [-0.2, 0) is 4.79 Å². The molecule has 0 saturated carbocycles.